The zero-order chi connectivity index (χ0) is 22.1. The first-order valence-electron chi connectivity index (χ1n) is 10.7. The first-order valence-corrected chi connectivity index (χ1v) is 10.7. The Kier molecular flexibility index (Phi) is 6.45. The van der Waals surface area contributed by atoms with Crippen LogP contribution < -0.4 is 10.9 Å². The van der Waals surface area contributed by atoms with Gasteiger partial charge in [-0.1, -0.05) is 20.8 Å². The molecule has 2 aliphatic rings. The summed E-state index contributed by atoms with van der Waals surface area (Å²) in [5, 5.41) is 2.94. The number of aromatic nitrogens is 1. The van der Waals surface area contributed by atoms with Gasteiger partial charge in [0.05, 0.1) is 6.54 Å². The molecule has 0 spiro atoms. The van der Waals surface area contributed by atoms with Crippen molar-refractivity contribution in [2.45, 2.75) is 53.0 Å². The fourth-order valence-corrected chi connectivity index (χ4v) is 4.09. The van der Waals surface area contributed by atoms with Gasteiger partial charge in [0, 0.05) is 49.9 Å². The van der Waals surface area contributed by atoms with Gasteiger partial charge in [-0.3, -0.25) is 24.1 Å². The summed E-state index contributed by atoms with van der Waals surface area (Å²) in [7, 11) is 0. The van der Waals surface area contributed by atoms with Crippen LogP contribution in [-0.2, 0) is 11.2 Å². The molecular formula is C22H32N4O4. The lowest BCUT2D eigenvalue weighted by molar-refractivity contribution is -0.123. The molecule has 2 heterocycles. The second-order valence-electron chi connectivity index (χ2n) is 9.29. The molecule has 164 valence electrons. The molecule has 0 aromatic carbocycles. The van der Waals surface area contributed by atoms with Crippen molar-refractivity contribution in [2.24, 2.45) is 5.41 Å². The number of aromatic amines is 1. The predicted octanol–water partition coefficient (Wildman–Crippen LogP) is 1.20. The number of Topliss-reactive ketones (excluding diaryl/α,β-unsaturated/α-hetero) is 1. The monoisotopic (exact) mass is 416 g/mol. The number of nitrogens with one attached hydrogen (secondary N) is 2. The zero-order valence-corrected chi connectivity index (χ0v) is 18.3. The van der Waals surface area contributed by atoms with Crippen molar-refractivity contribution in [2.75, 3.05) is 32.7 Å². The molecule has 1 aromatic rings. The largest absolute Gasteiger partial charge is 0.353 e. The lowest BCUT2D eigenvalue weighted by atomic mass is 9.75. The second-order valence-corrected chi connectivity index (χ2v) is 9.29. The smallest absolute Gasteiger partial charge is 0.261 e. The van der Waals surface area contributed by atoms with Gasteiger partial charge in [-0.05, 0) is 31.2 Å². The number of carbonyl (C=O) groups is 3. The molecule has 8 heteroatoms. The van der Waals surface area contributed by atoms with Crippen molar-refractivity contribution < 1.29 is 14.4 Å². The number of amides is 2. The van der Waals surface area contributed by atoms with Gasteiger partial charge in [0.15, 0.2) is 5.78 Å². The first-order chi connectivity index (χ1) is 14.1. The Labute approximate surface area is 177 Å². The van der Waals surface area contributed by atoms with Crippen LogP contribution in [0.1, 0.15) is 66.9 Å². The van der Waals surface area contributed by atoms with Gasteiger partial charge in [-0.15, -0.1) is 0 Å². The van der Waals surface area contributed by atoms with Gasteiger partial charge < -0.3 is 15.2 Å². The number of pyridine rings is 1. The van der Waals surface area contributed by atoms with Crippen molar-refractivity contribution in [3.8, 4) is 0 Å². The van der Waals surface area contributed by atoms with E-state index in [0.717, 1.165) is 6.42 Å². The van der Waals surface area contributed by atoms with E-state index in [-0.39, 0.29) is 34.6 Å². The van der Waals surface area contributed by atoms with E-state index in [1.54, 1.807) is 4.90 Å². The van der Waals surface area contributed by atoms with Gasteiger partial charge in [-0.2, -0.15) is 0 Å². The van der Waals surface area contributed by atoms with Crippen molar-refractivity contribution in [1.29, 1.82) is 0 Å². The highest BCUT2D eigenvalue weighted by Gasteiger charge is 2.33. The maximum Gasteiger partial charge on any atom is 0.261 e. The lowest BCUT2D eigenvalue weighted by Crippen LogP contribution is -2.52. The molecule has 0 radical (unpaired) electrons. The quantitative estimate of drug-likeness (QED) is 0.751. The summed E-state index contributed by atoms with van der Waals surface area (Å²) in [6.45, 7) is 10.3. The van der Waals surface area contributed by atoms with Crippen LogP contribution in [0, 0.1) is 5.41 Å². The summed E-state index contributed by atoms with van der Waals surface area (Å²) in [6.07, 6.45) is 1.88. The summed E-state index contributed by atoms with van der Waals surface area (Å²) >= 11 is 0. The Hall–Kier alpha value is -2.48. The van der Waals surface area contributed by atoms with Crippen LogP contribution in [0.25, 0.3) is 0 Å². The van der Waals surface area contributed by atoms with Crippen molar-refractivity contribution in [3.05, 3.63) is 33.2 Å². The molecule has 1 aromatic heterocycles. The van der Waals surface area contributed by atoms with E-state index in [4.69, 9.17) is 0 Å². The number of ketones is 1. The molecule has 0 bridgehead atoms. The minimum atomic E-state index is -0.445. The van der Waals surface area contributed by atoms with E-state index in [0.29, 0.717) is 56.8 Å². The highest BCUT2D eigenvalue weighted by molar-refractivity contribution is 6.02. The number of piperazine rings is 1. The van der Waals surface area contributed by atoms with E-state index in [1.165, 1.54) is 6.07 Å². The molecule has 1 fully saturated rings. The molecule has 1 unspecified atom stereocenters. The molecule has 2 amide bonds. The number of hydrogen-bond acceptors (Lipinski definition) is 5. The van der Waals surface area contributed by atoms with E-state index >= 15 is 0 Å². The third kappa shape index (κ3) is 4.98. The van der Waals surface area contributed by atoms with Crippen molar-refractivity contribution in [3.63, 3.8) is 0 Å². The zero-order valence-electron chi connectivity index (χ0n) is 18.3. The Morgan fingerprint density at radius 3 is 2.47 bits per heavy atom. The maximum absolute atomic E-state index is 13.0. The molecule has 1 aliphatic heterocycles. The fourth-order valence-electron chi connectivity index (χ4n) is 4.09. The molecule has 1 aliphatic carbocycles. The molecule has 1 atom stereocenters. The fraction of sp³-hybridized carbons (Fsp3) is 0.636. The van der Waals surface area contributed by atoms with Crippen molar-refractivity contribution >= 4 is 17.6 Å². The van der Waals surface area contributed by atoms with Gasteiger partial charge >= 0.3 is 0 Å². The van der Waals surface area contributed by atoms with Gasteiger partial charge in [0.25, 0.3) is 11.5 Å². The van der Waals surface area contributed by atoms with Crippen molar-refractivity contribution in [1.82, 2.24) is 20.1 Å². The van der Waals surface area contributed by atoms with Crippen LogP contribution in [0.4, 0.5) is 0 Å². The molecular weight excluding hydrogens is 384 g/mol. The minimum absolute atomic E-state index is 0.0169. The number of rotatable bonds is 5. The van der Waals surface area contributed by atoms with Gasteiger partial charge in [0.1, 0.15) is 5.56 Å². The average Bonchev–Trinajstić information content (AvgIpc) is 2.66. The van der Waals surface area contributed by atoms with Crippen LogP contribution in [0.15, 0.2) is 10.9 Å². The summed E-state index contributed by atoms with van der Waals surface area (Å²) in [5.74, 6) is -0.416. The van der Waals surface area contributed by atoms with Crippen LogP contribution in [0.2, 0.25) is 0 Å². The molecule has 2 N–H and O–H groups in total. The topological polar surface area (TPSA) is 103 Å². The highest BCUT2D eigenvalue weighted by Crippen LogP contribution is 2.33. The van der Waals surface area contributed by atoms with E-state index in [1.807, 2.05) is 32.6 Å². The number of hydrogen-bond donors (Lipinski definition) is 2. The third-order valence-corrected chi connectivity index (χ3v) is 5.99. The lowest BCUT2D eigenvalue weighted by Gasteiger charge is -2.34. The first kappa shape index (κ1) is 22.2. The van der Waals surface area contributed by atoms with Crippen LogP contribution in [-0.4, -0.2) is 71.1 Å². The normalized spacial score (nSPS) is 19.9. The maximum atomic E-state index is 13.0. The predicted molar refractivity (Wildman–Crippen MR) is 114 cm³/mol. The molecule has 1 saturated heterocycles. The minimum Gasteiger partial charge on any atom is -0.353 e. The standard InChI is InChI=1S/C22H32N4O4/c1-5-14(2)23-19(28)13-25-6-8-26(9-7-25)21(30)16-10-15-17(24-20(16)29)11-22(3,4)12-18(15)27/h10,14H,5-9,11-13H2,1-4H3,(H,23,28)(H,24,29). The SMILES string of the molecule is CCC(C)NC(=O)CN1CCN(C(=O)c2cc3c([nH]c2=O)CC(C)(C)CC3=O)CC1. The van der Waals surface area contributed by atoms with Crippen LogP contribution in [0.3, 0.4) is 0 Å². The van der Waals surface area contributed by atoms with E-state index in [9.17, 15) is 19.2 Å². The third-order valence-electron chi connectivity index (χ3n) is 5.99. The van der Waals surface area contributed by atoms with Crippen LogP contribution >= 0.6 is 0 Å². The van der Waals surface area contributed by atoms with E-state index < -0.39 is 5.56 Å². The summed E-state index contributed by atoms with van der Waals surface area (Å²) in [4.78, 5) is 56.5. The van der Waals surface area contributed by atoms with E-state index in [2.05, 4.69) is 10.3 Å². The van der Waals surface area contributed by atoms with Gasteiger partial charge in [-0.25, -0.2) is 0 Å². The number of carbonyl (C=O) groups excluding carboxylic acids is 3. The van der Waals surface area contributed by atoms with Gasteiger partial charge in [0.2, 0.25) is 5.91 Å². The molecule has 30 heavy (non-hydrogen) atoms. The molecule has 8 nitrogen and oxygen atoms in total. The molecule has 3 rings (SSSR count). The number of nitrogens with zero attached hydrogens (tertiary/aromatic N) is 2. The average molecular weight is 417 g/mol. The molecule has 0 saturated carbocycles. The summed E-state index contributed by atoms with van der Waals surface area (Å²) in [6, 6.07) is 1.62. The summed E-state index contributed by atoms with van der Waals surface area (Å²) < 4.78 is 0. The Balaban J connectivity index is 1.65. The highest BCUT2D eigenvalue weighted by atomic mass is 16.2. The Morgan fingerprint density at radius 1 is 1.17 bits per heavy atom. The summed E-state index contributed by atoms with van der Waals surface area (Å²) in [5.41, 5.74) is 0.452. The Bertz CT molecular complexity index is 897. The number of fused-ring (bicyclic) bond motifs is 1. The second kappa shape index (κ2) is 8.71. The Morgan fingerprint density at radius 2 is 1.83 bits per heavy atom. The number of H-pyrrole nitrogens is 1. The van der Waals surface area contributed by atoms with Crippen LogP contribution in [0.5, 0.6) is 0 Å².